The van der Waals surface area contributed by atoms with Crippen LogP contribution >= 0.6 is 24.8 Å². The highest BCUT2D eigenvalue weighted by Crippen LogP contribution is 2.34. The molecule has 0 unspecified atom stereocenters. The summed E-state index contributed by atoms with van der Waals surface area (Å²) in [4.78, 5) is 2.13. The topological polar surface area (TPSA) is 35.5 Å². The molecule has 0 aromatic heterocycles. The molecular weight excluding hydrogens is 302 g/mol. The van der Waals surface area contributed by atoms with Crippen LogP contribution in [0.5, 0.6) is 5.75 Å². The lowest BCUT2D eigenvalue weighted by Crippen LogP contribution is -2.44. The fourth-order valence-electron chi connectivity index (χ4n) is 2.38. The van der Waals surface area contributed by atoms with Gasteiger partial charge in [-0.1, -0.05) is 12.1 Å². The molecule has 20 heavy (non-hydrogen) atoms. The van der Waals surface area contributed by atoms with Crippen molar-refractivity contribution in [2.24, 2.45) is 0 Å². The van der Waals surface area contributed by atoms with Crippen molar-refractivity contribution < 1.29 is 9.50 Å². The van der Waals surface area contributed by atoms with Gasteiger partial charge in [0.15, 0.2) is 0 Å². The lowest BCUT2D eigenvalue weighted by Gasteiger charge is -2.34. The molecule has 3 nitrogen and oxygen atoms in total. The molecule has 0 spiro atoms. The Morgan fingerprint density at radius 2 is 1.95 bits per heavy atom. The molecule has 114 valence electrons. The Morgan fingerprint density at radius 3 is 2.50 bits per heavy atom. The maximum Gasteiger partial charge on any atom is 0.132 e. The molecule has 6 heteroatoms. The first-order valence-electron chi connectivity index (χ1n) is 6.20. The van der Waals surface area contributed by atoms with Crippen LogP contribution in [-0.4, -0.2) is 36.2 Å². The number of halogens is 3. The van der Waals surface area contributed by atoms with Gasteiger partial charge in [-0.15, -0.1) is 31.4 Å². The second kappa shape index (κ2) is 8.47. The number of phenols is 1. The summed E-state index contributed by atoms with van der Waals surface area (Å²) in [5.74, 6) is -0.333. The smallest absolute Gasteiger partial charge is 0.132 e. The normalized spacial score (nSPS) is 16.7. The Balaban J connectivity index is 0.00000180. The second-order valence-corrected chi connectivity index (χ2v) is 4.59. The quantitative estimate of drug-likeness (QED) is 0.840. The number of nitrogens with zero attached hydrogens (tertiary/aromatic N) is 1. The molecular formula is C14H21Cl2FN2O. The fourth-order valence-corrected chi connectivity index (χ4v) is 2.38. The number of hydrogen-bond acceptors (Lipinski definition) is 3. The van der Waals surface area contributed by atoms with Crippen molar-refractivity contribution in [2.75, 3.05) is 26.2 Å². The van der Waals surface area contributed by atoms with Crippen LogP contribution in [0, 0.1) is 12.7 Å². The van der Waals surface area contributed by atoms with Crippen molar-refractivity contribution in [1.82, 2.24) is 10.2 Å². The summed E-state index contributed by atoms with van der Waals surface area (Å²) >= 11 is 0. The Morgan fingerprint density at radius 1 is 1.35 bits per heavy atom. The molecule has 1 aromatic carbocycles. The van der Waals surface area contributed by atoms with Crippen molar-refractivity contribution in [3.8, 4) is 5.75 Å². The molecule has 0 saturated carbocycles. The average molecular weight is 323 g/mol. The van der Waals surface area contributed by atoms with E-state index in [1.807, 2.05) is 0 Å². The van der Waals surface area contributed by atoms with Crippen LogP contribution in [-0.2, 0) is 0 Å². The summed E-state index contributed by atoms with van der Waals surface area (Å²) in [7, 11) is 0. The van der Waals surface area contributed by atoms with Gasteiger partial charge in [-0.25, -0.2) is 4.39 Å². The van der Waals surface area contributed by atoms with Crippen LogP contribution in [0.4, 0.5) is 4.39 Å². The van der Waals surface area contributed by atoms with Crippen LogP contribution in [0.2, 0.25) is 0 Å². The van der Waals surface area contributed by atoms with Crippen LogP contribution in [0.25, 0.3) is 0 Å². The zero-order chi connectivity index (χ0) is 13.1. The Labute approximate surface area is 131 Å². The van der Waals surface area contributed by atoms with E-state index >= 15 is 0 Å². The molecule has 0 aliphatic carbocycles. The van der Waals surface area contributed by atoms with E-state index in [1.165, 1.54) is 6.07 Å². The zero-order valence-electron chi connectivity index (χ0n) is 11.4. The van der Waals surface area contributed by atoms with E-state index in [1.54, 1.807) is 19.1 Å². The highest BCUT2D eigenvalue weighted by Gasteiger charge is 2.25. The number of nitrogens with one attached hydrogen (secondary N) is 1. The minimum atomic E-state index is -0.374. The zero-order valence-corrected chi connectivity index (χ0v) is 13.1. The third kappa shape index (κ3) is 3.85. The van der Waals surface area contributed by atoms with Gasteiger partial charge in [-0.2, -0.15) is 0 Å². The predicted octanol–water partition coefficient (Wildman–Crippen LogP) is 2.82. The van der Waals surface area contributed by atoms with E-state index < -0.39 is 0 Å². The molecule has 1 aromatic rings. The molecule has 2 N–H and O–H groups in total. The van der Waals surface area contributed by atoms with Crippen LogP contribution in [0.3, 0.4) is 0 Å². The van der Waals surface area contributed by atoms with Gasteiger partial charge in [0, 0.05) is 26.2 Å². The molecule has 0 radical (unpaired) electrons. The minimum absolute atomic E-state index is 0. The van der Waals surface area contributed by atoms with Crippen LogP contribution in [0.1, 0.15) is 17.2 Å². The largest absolute Gasteiger partial charge is 0.507 e. The summed E-state index contributed by atoms with van der Waals surface area (Å²) in [6.45, 7) is 8.95. The first-order valence-corrected chi connectivity index (χ1v) is 6.20. The van der Waals surface area contributed by atoms with Crippen LogP contribution < -0.4 is 5.32 Å². The lowest BCUT2D eigenvalue weighted by molar-refractivity contribution is 0.197. The average Bonchev–Trinajstić information content (AvgIpc) is 2.40. The molecule has 1 atom stereocenters. The molecule has 2 rings (SSSR count). The van der Waals surface area contributed by atoms with Crippen LogP contribution in [0.15, 0.2) is 24.8 Å². The molecule has 1 heterocycles. The van der Waals surface area contributed by atoms with E-state index in [2.05, 4.69) is 16.8 Å². The predicted molar refractivity (Wildman–Crippen MR) is 84.7 cm³/mol. The minimum Gasteiger partial charge on any atom is -0.507 e. The van der Waals surface area contributed by atoms with Gasteiger partial charge in [0.2, 0.25) is 0 Å². The summed E-state index contributed by atoms with van der Waals surface area (Å²) in [5, 5.41) is 13.3. The van der Waals surface area contributed by atoms with E-state index in [0.717, 1.165) is 26.2 Å². The first-order chi connectivity index (χ1) is 8.65. The number of phenolic OH excluding ortho intramolecular Hbond substituents is 1. The number of benzene rings is 1. The molecule has 0 bridgehead atoms. The Kier molecular flexibility index (Phi) is 8.13. The van der Waals surface area contributed by atoms with Gasteiger partial charge in [0.25, 0.3) is 0 Å². The van der Waals surface area contributed by atoms with E-state index in [-0.39, 0.29) is 42.4 Å². The van der Waals surface area contributed by atoms with Crippen molar-refractivity contribution in [2.45, 2.75) is 13.0 Å². The fraction of sp³-hybridized carbons (Fsp3) is 0.429. The Hall–Kier alpha value is -0.810. The monoisotopic (exact) mass is 322 g/mol. The molecule has 1 aliphatic rings. The highest BCUT2D eigenvalue weighted by molar-refractivity contribution is 5.85. The van der Waals surface area contributed by atoms with Crippen molar-refractivity contribution >= 4 is 24.8 Å². The standard InChI is InChI=1S/C14H19FN2O.2ClH/c1-3-12(17-8-6-16-7-9-17)13-11(15)5-4-10(2)14(13)18;;/h3-5,12,16,18H,1,6-9H2,2H3;2*1H/t12-;;/m0../s1. The van der Waals surface area contributed by atoms with Gasteiger partial charge in [0.1, 0.15) is 11.6 Å². The van der Waals surface area contributed by atoms with Gasteiger partial charge in [-0.05, 0) is 18.6 Å². The van der Waals surface area contributed by atoms with E-state index in [0.29, 0.717) is 11.1 Å². The Bertz CT molecular complexity index is 451. The number of piperazine rings is 1. The van der Waals surface area contributed by atoms with Crippen molar-refractivity contribution in [1.29, 1.82) is 0 Å². The van der Waals surface area contributed by atoms with E-state index in [9.17, 15) is 9.50 Å². The van der Waals surface area contributed by atoms with Gasteiger partial charge < -0.3 is 10.4 Å². The lowest BCUT2D eigenvalue weighted by atomic mass is 10.00. The summed E-state index contributed by atoms with van der Waals surface area (Å²) in [5.41, 5.74) is 1.03. The van der Waals surface area contributed by atoms with Crippen molar-refractivity contribution in [3.63, 3.8) is 0 Å². The maximum atomic E-state index is 14.0. The first kappa shape index (κ1) is 19.2. The third-order valence-corrected chi connectivity index (χ3v) is 3.43. The van der Waals surface area contributed by atoms with Gasteiger partial charge in [-0.3, -0.25) is 4.90 Å². The molecule has 1 saturated heterocycles. The highest BCUT2D eigenvalue weighted by atomic mass is 35.5. The number of aromatic hydroxyl groups is 1. The summed E-state index contributed by atoms with van der Waals surface area (Å²) in [6, 6.07) is 2.72. The molecule has 1 fully saturated rings. The van der Waals surface area contributed by atoms with Gasteiger partial charge >= 0.3 is 0 Å². The maximum absolute atomic E-state index is 14.0. The summed E-state index contributed by atoms with van der Waals surface area (Å²) < 4.78 is 14.0. The number of rotatable bonds is 3. The molecule has 0 amide bonds. The number of aryl methyl sites for hydroxylation is 1. The SMILES string of the molecule is C=C[C@@H](c1c(F)ccc(C)c1O)N1CCNCC1.Cl.Cl. The van der Waals surface area contributed by atoms with E-state index in [4.69, 9.17) is 0 Å². The molecule has 1 aliphatic heterocycles. The summed E-state index contributed by atoms with van der Waals surface area (Å²) in [6.07, 6.45) is 1.70. The third-order valence-electron chi connectivity index (χ3n) is 3.43. The number of hydrogen-bond donors (Lipinski definition) is 2. The van der Waals surface area contributed by atoms with Crippen molar-refractivity contribution in [3.05, 3.63) is 41.7 Å². The van der Waals surface area contributed by atoms with Gasteiger partial charge in [0.05, 0.1) is 11.6 Å². The second-order valence-electron chi connectivity index (χ2n) is 4.59.